The highest BCUT2D eigenvalue weighted by Gasteiger charge is 2.19. The summed E-state index contributed by atoms with van der Waals surface area (Å²) in [4.78, 5) is 42.6. The molecule has 0 aliphatic rings. The number of esters is 1. The van der Waals surface area contributed by atoms with E-state index >= 15 is 0 Å². The van der Waals surface area contributed by atoms with Gasteiger partial charge in [0.15, 0.2) is 0 Å². The van der Waals surface area contributed by atoms with Crippen molar-refractivity contribution in [2.24, 2.45) is 0 Å². The molecule has 12 nitrogen and oxygen atoms in total. The monoisotopic (exact) mass is 1100 g/mol. The van der Waals surface area contributed by atoms with Gasteiger partial charge in [0.25, 0.3) is 0 Å². The van der Waals surface area contributed by atoms with Crippen LogP contribution in [0.3, 0.4) is 0 Å². The van der Waals surface area contributed by atoms with E-state index in [-0.39, 0.29) is 18.1 Å². The molecule has 4 heterocycles. The average Bonchev–Trinajstić information content (AvgIpc) is 3.83. The number of nitrogens with two attached hydrogens (primary N) is 2. The number of carbonyl (C=O) groups is 2. The van der Waals surface area contributed by atoms with Gasteiger partial charge in [-0.1, -0.05) is 71.1 Å². The standard InChI is InChI=1S/C21H20N4O2.C20H18N4O2.CH3I.I2/c1-12(2)25-10-17(18-19(22)23-11-24-20(18)25)14-7-8-15-13(9-14)5-4-6-16(15)21(26)27-3;1-11(2)24-9-16(17-18(21)22-10-23-19(17)24)13-6-7-14-12(8-13)4-3-5-15(14)20(25)26;2*1-2/h4-12H,1-3H3,(H2,22,23,24);3-11H,1-2H3,(H,25,26)(H2,21,22,23);1H3;. The largest absolute Gasteiger partial charge is 0.478 e. The molecule has 0 saturated heterocycles. The summed E-state index contributed by atoms with van der Waals surface area (Å²) < 4.78 is 9.05. The zero-order valence-electron chi connectivity index (χ0n) is 32.0. The van der Waals surface area contributed by atoms with Gasteiger partial charge in [-0.15, -0.1) is 0 Å². The Morgan fingerprint density at radius 3 is 1.49 bits per heavy atom. The van der Waals surface area contributed by atoms with Crippen molar-refractivity contribution in [3.8, 4) is 22.3 Å². The Kier molecular flexibility index (Phi) is 14.7. The van der Waals surface area contributed by atoms with E-state index in [0.29, 0.717) is 28.1 Å². The first-order valence-corrected chi connectivity index (χ1v) is 26.0. The molecule has 0 unspecified atom stereocenters. The minimum atomic E-state index is -0.933. The number of benzene rings is 4. The first kappa shape index (κ1) is 43.5. The second kappa shape index (κ2) is 19.2. The predicted molar refractivity (Wildman–Crippen MR) is 257 cm³/mol. The summed E-state index contributed by atoms with van der Waals surface area (Å²) in [6, 6.07) is 23.1. The highest BCUT2D eigenvalue weighted by molar-refractivity contribution is 15.0. The molecule has 8 rings (SSSR count). The number of methoxy groups -OCH3 is 1. The summed E-state index contributed by atoms with van der Waals surface area (Å²) in [5.74, 6) is -0.388. The average molecular weight is 1100 g/mol. The molecule has 15 heteroatoms. The molecule has 294 valence electrons. The molecule has 0 saturated carbocycles. The SMILES string of the molecule is CC(C)n1cc(-c2ccc3c(C(=O)O)cccc3c2)c2c(N)ncnc21.CI.COC(=O)c1cccc2cc(-c3cn(C(C)C)c4ncnc(N)c34)ccc12.II. The number of carboxylic acid groups (broad SMARTS) is 1. The number of ether oxygens (including phenoxy) is 1. The molecular formula is C42H41I3N8O4. The molecule has 8 aromatic rings. The number of nitrogens with zero attached hydrogens (tertiary/aromatic N) is 6. The van der Waals surface area contributed by atoms with E-state index in [4.69, 9.17) is 16.2 Å². The van der Waals surface area contributed by atoms with E-state index in [9.17, 15) is 14.7 Å². The molecule has 5 N–H and O–H groups in total. The maximum atomic E-state index is 12.0. The second-order valence-electron chi connectivity index (χ2n) is 13.3. The van der Waals surface area contributed by atoms with Crippen LogP contribution in [0.1, 0.15) is 60.5 Å². The highest BCUT2D eigenvalue weighted by atomic mass is 128. The van der Waals surface area contributed by atoms with Gasteiger partial charge in [0.05, 0.1) is 29.0 Å². The second-order valence-corrected chi connectivity index (χ2v) is 13.3. The number of hydrogen-bond acceptors (Lipinski definition) is 9. The third-order valence-electron chi connectivity index (χ3n) is 9.41. The van der Waals surface area contributed by atoms with Crippen LogP contribution in [0.5, 0.6) is 0 Å². The van der Waals surface area contributed by atoms with Crippen molar-refractivity contribution in [1.29, 1.82) is 0 Å². The molecule has 4 aromatic carbocycles. The zero-order valence-corrected chi connectivity index (χ0v) is 38.5. The lowest BCUT2D eigenvalue weighted by molar-refractivity contribution is 0.0602. The zero-order chi connectivity index (χ0) is 41.6. The Morgan fingerprint density at radius 1 is 0.667 bits per heavy atom. The Bertz CT molecular complexity index is 2730. The summed E-state index contributed by atoms with van der Waals surface area (Å²) >= 11 is 6.39. The smallest absolute Gasteiger partial charge is 0.338 e. The molecule has 4 aromatic heterocycles. The maximum absolute atomic E-state index is 12.0. The number of aromatic nitrogens is 6. The van der Waals surface area contributed by atoms with Crippen molar-refractivity contribution in [1.82, 2.24) is 29.1 Å². The van der Waals surface area contributed by atoms with Crippen LogP contribution >= 0.6 is 59.8 Å². The molecule has 0 aliphatic heterocycles. The fraction of sp³-hybridized carbons (Fsp3) is 0.190. The number of hydrogen-bond donors (Lipinski definition) is 3. The minimum absolute atomic E-state index is 0.222. The Labute approximate surface area is 366 Å². The van der Waals surface area contributed by atoms with Gasteiger partial charge in [-0.2, -0.15) is 0 Å². The first-order valence-electron chi connectivity index (χ1n) is 17.6. The number of halogens is 3. The van der Waals surface area contributed by atoms with Crippen LogP contribution in [0, 0.1) is 0 Å². The van der Waals surface area contributed by atoms with Crippen molar-refractivity contribution in [3.05, 3.63) is 109 Å². The van der Waals surface area contributed by atoms with E-state index in [0.717, 1.165) is 60.5 Å². The van der Waals surface area contributed by atoms with Gasteiger partial charge in [0.1, 0.15) is 35.6 Å². The molecule has 0 radical (unpaired) electrons. The van der Waals surface area contributed by atoms with Crippen LogP contribution in [0.15, 0.2) is 97.8 Å². The molecular weight excluding hydrogens is 1060 g/mol. The van der Waals surface area contributed by atoms with Crippen molar-refractivity contribution in [2.45, 2.75) is 39.8 Å². The van der Waals surface area contributed by atoms with E-state index < -0.39 is 5.97 Å². The van der Waals surface area contributed by atoms with Crippen LogP contribution in [0.25, 0.3) is 65.9 Å². The lowest BCUT2D eigenvalue weighted by atomic mass is 9.98. The fourth-order valence-electron chi connectivity index (χ4n) is 6.82. The number of aromatic carboxylic acids is 1. The summed E-state index contributed by atoms with van der Waals surface area (Å²) in [5.41, 5.74) is 18.6. The van der Waals surface area contributed by atoms with Crippen LogP contribution in [0.2, 0.25) is 0 Å². The molecule has 0 bridgehead atoms. The van der Waals surface area contributed by atoms with Crippen LogP contribution in [-0.2, 0) is 4.74 Å². The molecule has 0 amide bonds. The number of nitrogen functional groups attached to an aromatic ring is 2. The highest BCUT2D eigenvalue weighted by Crippen LogP contribution is 2.37. The maximum Gasteiger partial charge on any atom is 0.338 e. The molecule has 0 atom stereocenters. The number of alkyl halides is 1. The molecule has 57 heavy (non-hydrogen) atoms. The summed E-state index contributed by atoms with van der Waals surface area (Å²) in [5, 5.41) is 14.4. The van der Waals surface area contributed by atoms with E-state index in [1.165, 1.54) is 19.8 Å². The molecule has 0 spiro atoms. The normalized spacial score (nSPS) is 10.9. The van der Waals surface area contributed by atoms with Crippen molar-refractivity contribution >= 4 is 127 Å². The van der Waals surface area contributed by atoms with Gasteiger partial charge in [-0.3, -0.25) is 0 Å². The van der Waals surface area contributed by atoms with Gasteiger partial charge in [0.2, 0.25) is 0 Å². The third-order valence-corrected chi connectivity index (χ3v) is 9.41. The lowest BCUT2D eigenvalue weighted by Crippen LogP contribution is -2.01. The lowest BCUT2D eigenvalue weighted by Gasteiger charge is -2.08. The summed E-state index contributed by atoms with van der Waals surface area (Å²) in [6.45, 7) is 8.37. The molecule has 0 fully saturated rings. The Balaban J connectivity index is 0.000000200. The number of anilines is 2. The van der Waals surface area contributed by atoms with Gasteiger partial charge in [-0.05, 0) is 89.6 Å². The molecule has 0 aliphatic carbocycles. The van der Waals surface area contributed by atoms with E-state index in [1.807, 2.05) is 65.7 Å². The Hall–Kier alpha value is -4.63. The third kappa shape index (κ3) is 8.79. The summed E-state index contributed by atoms with van der Waals surface area (Å²) in [7, 11) is 1.39. The van der Waals surface area contributed by atoms with Crippen LogP contribution < -0.4 is 11.5 Å². The van der Waals surface area contributed by atoms with Crippen molar-refractivity contribution in [3.63, 3.8) is 0 Å². The van der Waals surface area contributed by atoms with Gasteiger partial charge in [0, 0.05) is 72.8 Å². The summed E-state index contributed by atoms with van der Waals surface area (Å²) in [6.07, 6.45) is 7.05. The fourth-order valence-corrected chi connectivity index (χ4v) is 6.82. The quantitative estimate of drug-likeness (QED) is 0.0825. The number of fused-ring (bicyclic) bond motifs is 4. The van der Waals surface area contributed by atoms with Crippen molar-refractivity contribution < 1.29 is 19.4 Å². The van der Waals surface area contributed by atoms with Crippen molar-refractivity contribution in [2.75, 3.05) is 23.5 Å². The topological polar surface area (TPSA) is 177 Å². The van der Waals surface area contributed by atoms with Gasteiger partial charge >= 0.3 is 11.9 Å². The number of carbonyl (C=O) groups excluding carboxylic acids is 1. The van der Waals surface area contributed by atoms with Gasteiger partial charge in [-0.25, -0.2) is 29.5 Å². The Morgan fingerprint density at radius 2 is 1.09 bits per heavy atom. The predicted octanol–water partition coefficient (Wildman–Crippen LogP) is 11.1. The van der Waals surface area contributed by atoms with E-state index in [1.54, 1.807) is 18.2 Å². The van der Waals surface area contributed by atoms with Gasteiger partial charge < -0.3 is 30.4 Å². The minimum Gasteiger partial charge on any atom is -0.478 e. The number of carboxylic acids is 1. The number of rotatable bonds is 6. The van der Waals surface area contributed by atoms with Crippen LogP contribution in [-0.4, -0.2) is 58.2 Å². The van der Waals surface area contributed by atoms with E-state index in [2.05, 4.69) is 123 Å². The first-order chi connectivity index (χ1) is 27.5. The van der Waals surface area contributed by atoms with Crippen LogP contribution in [0.4, 0.5) is 11.6 Å².